The number of aromatic nitrogens is 1. The van der Waals surface area contributed by atoms with Crippen molar-refractivity contribution in [2.24, 2.45) is 0 Å². The SMILES string of the molecule is COc1ccc(CN2C(=O)c3cccn3[C@@H]3CN(Cc4ccco4)C[C@@H]32)cc1. The maximum absolute atomic E-state index is 13.2. The van der Waals surface area contributed by atoms with Gasteiger partial charge in [0.25, 0.3) is 5.91 Å². The van der Waals surface area contributed by atoms with Crippen LogP contribution in [0.3, 0.4) is 0 Å². The Morgan fingerprint density at radius 1 is 1.04 bits per heavy atom. The van der Waals surface area contributed by atoms with Crippen LogP contribution in [-0.4, -0.2) is 46.5 Å². The van der Waals surface area contributed by atoms with E-state index in [4.69, 9.17) is 9.15 Å². The maximum atomic E-state index is 13.2. The fraction of sp³-hybridized carbons (Fsp3) is 0.318. The lowest BCUT2D eigenvalue weighted by Gasteiger charge is -2.38. The van der Waals surface area contributed by atoms with Crippen molar-refractivity contribution >= 4 is 5.91 Å². The molecule has 0 aliphatic carbocycles. The number of nitrogens with zero attached hydrogens (tertiary/aromatic N) is 3. The summed E-state index contributed by atoms with van der Waals surface area (Å²) >= 11 is 0. The number of ether oxygens (including phenoxy) is 1. The van der Waals surface area contributed by atoms with E-state index < -0.39 is 0 Å². The number of rotatable bonds is 5. The highest BCUT2D eigenvalue weighted by atomic mass is 16.5. The number of amides is 1. The summed E-state index contributed by atoms with van der Waals surface area (Å²) in [6.45, 7) is 3.11. The molecule has 5 rings (SSSR count). The smallest absolute Gasteiger partial charge is 0.271 e. The first-order chi connectivity index (χ1) is 13.7. The Kier molecular flexibility index (Phi) is 4.20. The minimum atomic E-state index is 0.0990. The summed E-state index contributed by atoms with van der Waals surface area (Å²) < 4.78 is 12.9. The highest BCUT2D eigenvalue weighted by Crippen LogP contribution is 2.35. The number of hydrogen-bond donors (Lipinski definition) is 0. The number of carbonyl (C=O) groups is 1. The number of hydrogen-bond acceptors (Lipinski definition) is 4. The lowest BCUT2D eigenvalue weighted by Crippen LogP contribution is -2.49. The molecule has 144 valence electrons. The topological polar surface area (TPSA) is 50.9 Å². The van der Waals surface area contributed by atoms with Crippen molar-refractivity contribution in [1.29, 1.82) is 0 Å². The van der Waals surface area contributed by atoms with E-state index in [1.54, 1.807) is 13.4 Å². The second-order valence-electron chi connectivity index (χ2n) is 7.49. The van der Waals surface area contributed by atoms with Gasteiger partial charge in [-0.1, -0.05) is 12.1 Å². The molecule has 2 aliphatic heterocycles. The van der Waals surface area contributed by atoms with E-state index in [0.29, 0.717) is 6.54 Å². The van der Waals surface area contributed by atoms with Gasteiger partial charge in [-0.15, -0.1) is 0 Å². The van der Waals surface area contributed by atoms with E-state index in [1.807, 2.05) is 59.6 Å². The summed E-state index contributed by atoms with van der Waals surface area (Å²) in [6.07, 6.45) is 3.74. The second-order valence-corrected chi connectivity index (χ2v) is 7.49. The maximum Gasteiger partial charge on any atom is 0.271 e. The number of carbonyl (C=O) groups excluding carboxylic acids is 1. The molecule has 1 saturated heterocycles. The Bertz CT molecular complexity index is 961. The average molecular weight is 377 g/mol. The normalized spacial score (nSPS) is 21.6. The van der Waals surface area contributed by atoms with Crippen molar-refractivity contribution in [2.45, 2.75) is 25.2 Å². The Labute approximate surface area is 163 Å². The van der Waals surface area contributed by atoms with Crippen LogP contribution in [0.5, 0.6) is 5.75 Å². The molecule has 0 N–H and O–H groups in total. The van der Waals surface area contributed by atoms with Crippen molar-refractivity contribution in [2.75, 3.05) is 20.2 Å². The molecular formula is C22H23N3O3. The highest BCUT2D eigenvalue weighted by molar-refractivity contribution is 5.94. The zero-order valence-corrected chi connectivity index (χ0v) is 15.8. The summed E-state index contributed by atoms with van der Waals surface area (Å²) in [6, 6.07) is 16.2. The predicted molar refractivity (Wildman–Crippen MR) is 104 cm³/mol. The van der Waals surface area contributed by atoms with Gasteiger partial charge in [-0.2, -0.15) is 0 Å². The summed E-state index contributed by atoms with van der Waals surface area (Å²) in [5, 5.41) is 0. The molecule has 2 aromatic heterocycles. The van der Waals surface area contributed by atoms with Gasteiger partial charge in [-0.05, 0) is 42.0 Å². The molecule has 6 nitrogen and oxygen atoms in total. The van der Waals surface area contributed by atoms with Crippen molar-refractivity contribution in [3.05, 3.63) is 78.0 Å². The van der Waals surface area contributed by atoms with Gasteiger partial charge in [-0.3, -0.25) is 9.69 Å². The lowest BCUT2D eigenvalue weighted by molar-refractivity contribution is 0.0556. The predicted octanol–water partition coefficient (Wildman–Crippen LogP) is 3.17. The minimum Gasteiger partial charge on any atom is -0.497 e. The molecule has 0 bridgehead atoms. The Balaban J connectivity index is 1.42. The van der Waals surface area contributed by atoms with Gasteiger partial charge in [0.2, 0.25) is 0 Å². The van der Waals surface area contributed by atoms with Crippen LogP contribution in [0.25, 0.3) is 0 Å². The Hall–Kier alpha value is -2.99. The number of methoxy groups -OCH3 is 1. The van der Waals surface area contributed by atoms with Crippen LogP contribution in [0.15, 0.2) is 65.4 Å². The van der Waals surface area contributed by atoms with Gasteiger partial charge in [0, 0.05) is 25.8 Å². The van der Waals surface area contributed by atoms with E-state index in [-0.39, 0.29) is 18.0 Å². The molecule has 6 heteroatoms. The van der Waals surface area contributed by atoms with E-state index in [0.717, 1.165) is 42.4 Å². The standard InChI is InChI=1S/C22H23N3O3/c1-27-17-8-6-16(7-9-17)12-25-21-15-23(13-18-4-3-11-28-18)14-20(21)24-10-2-5-19(24)22(25)26/h2-11,20-21H,12-15H2,1H3/t20-,21+/m1/s1. The number of fused-ring (bicyclic) bond motifs is 3. The van der Waals surface area contributed by atoms with E-state index in [2.05, 4.69) is 9.47 Å². The molecule has 2 aliphatic rings. The fourth-order valence-electron chi connectivity index (χ4n) is 4.46. The van der Waals surface area contributed by atoms with Crippen LogP contribution < -0.4 is 4.74 Å². The summed E-state index contributed by atoms with van der Waals surface area (Å²) in [5.74, 6) is 1.88. The van der Waals surface area contributed by atoms with Crippen LogP contribution in [-0.2, 0) is 13.1 Å². The van der Waals surface area contributed by atoms with E-state index in [1.165, 1.54) is 0 Å². The molecule has 0 spiro atoms. The molecule has 2 atom stereocenters. The summed E-state index contributed by atoms with van der Waals surface area (Å²) in [5.41, 5.74) is 1.88. The first-order valence-electron chi connectivity index (χ1n) is 9.58. The molecule has 3 aromatic rings. The minimum absolute atomic E-state index is 0.0990. The third kappa shape index (κ3) is 2.90. The number of likely N-dealkylation sites (tertiary alicyclic amines) is 1. The molecule has 1 amide bonds. The van der Waals surface area contributed by atoms with Gasteiger partial charge in [0.15, 0.2) is 0 Å². The quantitative estimate of drug-likeness (QED) is 0.685. The lowest BCUT2D eigenvalue weighted by atomic mass is 10.0. The summed E-state index contributed by atoms with van der Waals surface area (Å²) in [4.78, 5) is 17.6. The van der Waals surface area contributed by atoms with Gasteiger partial charge >= 0.3 is 0 Å². The zero-order valence-electron chi connectivity index (χ0n) is 15.8. The average Bonchev–Trinajstić information content (AvgIpc) is 3.46. The van der Waals surface area contributed by atoms with Crippen molar-refractivity contribution < 1.29 is 13.9 Å². The van der Waals surface area contributed by atoms with Gasteiger partial charge < -0.3 is 18.6 Å². The highest BCUT2D eigenvalue weighted by Gasteiger charge is 2.44. The van der Waals surface area contributed by atoms with Crippen LogP contribution in [0.1, 0.15) is 27.9 Å². The monoisotopic (exact) mass is 377 g/mol. The molecule has 1 aromatic carbocycles. The van der Waals surface area contributed by atoms with E-state index in [9.17, 15) is 4.79 Å². The largest absolute Gasteiger partial charge is 0.497 e. The van der Waals surface area contributed by atoms with Gasteiger partial charge in [-0.25, -0.2) is 0 Å². The third-order valence-electron chi connectivity index (χ3n) is 5.82. The molecule has 4 heterocycles. The van der Waals surface area contributed by atoms with Gasteiger partial charge in [0.1, 0.15) is 17.2 Å². The first kappa shape index (κ1) is 17.1. The van der Waals surface area contributed by atoms with Gasteiger partial charge in [0.05, 0.1) is 32.0 Å². The third-order valence-corrected chi connectivity index (χ3v) is 5.82. The summed E-state index contributed by atoms with van der Waals surface area (Å²) in [7, 11) is 1.66. The van der Waals surface area contributed by atoms with Crippen molar-refractivity contribution in [1.82, 2.24) is 14.4 Å². The van der Waals surface area contributed by atoms with Crippen LogP contribution >= 0.6 is 0 Å². The van der Waals surface area contributed by atoms with Crippen LogP contribution in [0, 0.1) is 0 Å². The second kappa shape index (κ2) is 6.87. The van der Waals surface area contributed by atoms with Crippen LogP contribution in [0.4, 0.5) is 0 Å². The first-order valence-corrected chi connectivity index (χ1v) is 9.58. The number of benzene rings is 1. The molecule has 1 fully saturated rings. The van der Waals surface area contributed by atoms with Crippen molar-refractivity contribution in [3.8, 4) is 5.75 Å². The molecule has 0 saturated carbocycles. The Morgan fingerprint density at radius 3 is 2.61 bits per heavy atom. The van der Waals surface area contributed by atoms with Crippen molar-refractivity contribution in [3.63, 3.8) is 0 Å². The number of furan rings is 1. The molecular weight excluding hydrogens is 354 g/mol. The molecule has 0 unspecified atom stereocenters. The zero-order chi connectivity index (χ0) is 19.1. The van der Waals surface area contributed by atoms with Crippen LogP contribution in [0.2, 0.25) is 0 Å². The fourth-order valence-corrected chi connectivity index (χ4v) is 4.46. The Morgan fingerprint density at radius 2 is 1.86 bits per heavy atom. The molecule has 0 radical (unpaired) electrons. The van der Waals surface area contributed by atoms with E-state index >= 15 is 0 Å². The molecule has 28 heavy (non-hydrogen) atoms.